The smallest absolute Gasteiger partial charge is 0.342 e. The molecular formula is C14H18O4. The molecule has 1 aliphatic rings. The molecule has 0 spiro atoms. The van der Waals surface area contributed by atoms with Gasteiger partial charge in [-0.25, -0.2) is 4.79 Å². The summed E-state index contributed by atoms with van der Waals surface area (Å²) in [5.41, 5.74) is -1.05. The minimum Gasteiger partial charge on any atom is -0.467 e. The highest BCUT2D eigenvalue weighted by molar-refractivity contribution is 5.81. The Kier molecular flexibility index (Phi) is 3.99. The molecule has 2 atom stereocenters. The number of hydrogen-bond donors (Lipinski definition) is 1. The van der Waals surface area contributed by atoms with Crippen LogP contribution >= 0.6 is 0 Å². The Hall–Kier alpha value is -1.39. The molecule has 2 rings (SSSR count). The Morgan fingerprint density at radius 2 is 2.17 bits per heavy atom. The molecular weight excluding hydrogens is 232 g/mol. The van der Waals surface area contributed by atoms with Gasteiger partial charge in [0.05, 0.1) is 13.7 Å². The van der Waals surface area contributed by atoms with Crippen molar-refractivity contribution in [2.75, 3.05) is 20.3 Å². The molecule has 4 heteroatoms. The number of carbonyl (C=O) groups excluding carboxylic acids is 1. The van der Waals surface area contributed by atoms with Crippen molar-refractivity contribution in [2.24, 2.45) is 5.92 Å². The van der Waals surface area contributed by atoms with Gasteiger partial charge in [0, 0.05) is 12.5 Å². The number of carbonyl (C=O) groups is 1. The quantitative estimate of drug-likeness (QED) is 0.825. The summed E-state index contributed by atoms with van der Waals surface area (Å²) in [5.74, 6) is -0.884. The van der Waals surface area contributed by atoms with Crippen LogP contribution < -0.4 is 0 Å². The average molecular weight is 250 g/mol. The van der Waals surface area contributed by atoms with Gasteiger partial charge in [0.2, 0.25) is 0 Å². The zero-order valence-corrected chi connectivity index (χ0v) is 10.5. The Bertz CT molecular complexity index is 398. The van der Waals surface area contributed by atoms with Crippen molar-refractivity contribution in [3.63, 3.8) is 0 Å². The lowest BCUT2D eigenvalue weighted by Gasteiger charge is -2.36. The van der Waals surface area contributed by atoms with Crippen molar-refractivity contribution >= 4 is 5.97 Å². The number of ether oxygens (including phenoxy) is 2. The highest BCUT2D eigenvalue weighted by atomic mass is 16.5. The third-order valence-electron chi connectivity index (χ3n) is 3.46. The highest BCUT2D eigenvalue weighted by Crippen LogP contribution is 2.36. The first-order chi connectivity index (χ1) is 8.69. The van der Waals surface area contributed by atoms with Crippen LogP contribution in [0.25, 0.3) is 0 Å². The van der Waals surface area contributed by atoms with Crippen LogP contribution in [0.3, 0.4) is 0 Å². The van der Waals surface area contributed by atoms with Crippen LogP contribution in [0.4, 0.5) is 0 Å². The maximum Gasteiger partial charge on any atom is 0.342 e. The van der Waals surface area contributed by atoms with Gasteiger partial charge in [-0.15, -0.1) is 0 Å². The van der Waals surface area contributed by atoms with Crippen molar-refractivity contribution < 1.29 is 19.4 Å². The zero-order valence-electron chi connectivity index (χ0n) is 10.5. The molecule has 1 aromatic rings. The predicted octanol–water partition coefficient (Wildman–Crippen LogP) is 1.47. The molecule has 1 saturated heterocycles. The summed E-state index contributed by atoms with van der Waals surface area (Å²) in [7, 11) is 1.29. The van der Waals surface area contributed by atoms with E-state index in [1.54, 1.807) is 24.3 Å². The molecule has 0 saturated carbocycles. The molecule has 0 bridgehead atoms. The normalized spacial score (nSPS) is 23.1. The summed E-state index contributed by atoms with van der Waals surface area (Å²) in [4.78, 5) is 12.0. The second-order valence-corrected chi connectivity index (χ2v) is 4.54. The zero-order chi connectivity index (χ0) is 13.0. The van der Waals surface area contributed by atoms with E-state index >= 15 is 0 Å². The molecule has 1 aliphatic heterocycles. The molecule has 1 fully saturated rings. The van der Waals surface area contributed by atoms with Crippen LogP contribution in [0, 0.1) is 5.92 Å². The third kappa shape index (κ3) is 2.26. The van der Waals surface area contributed by atoms with Gasteiger partial charge in [0.1, 0.15) is 0 Å². The van der Waals surface area contributed by atoms with Crippen LogP contribution in [-0.2, 0) is 19.9 Å². The van der Waals surface area contributed by atoms with Gasteiger partial charge in [-0.2, -0.15) is 0 Å². The van der Waals surface area contributed by atoms with Gasteiger partial charge in [0.15, 0.2) is 5.60 Å². The fraction of sp³-hybridized carbons (Fsp3) is 0.500. The van der Waals surface area contributed by atoms with Crippen LogP contribution in [0.15, 0.2) is 30.3 Å². The molecule has 18 heavy (non-hydrogen) atoms. The Morgan fingerprint density at radius 1 is 1.44 bits per heavy atom. The van der Waals surface area contributed by atoms with Crippen molar-refractivity contribution in [1.29, 1.82) is 0 Å². The first-order valence-corrected chi connectivity index (χ1v) is 6.13. The molecule has 98 valence electrons. The Balaban J connectivity index is 2.36. The molecule has 1 aromatic carbocycles. The molecule has 0 aromatic heterocycles. The van der Waals surface area contributed by atoms with Crippen LogP contribution in [-0.4, -0.2) is 31.4 Å². The standard InChI is InChI=1S/C14H18O4/c1-17-13(15)14(16,11-6-3-2-4-7-11)12-8-5-9-18-10-12/h2-4,6-7,12,16H,5,8-10H2,1H3/t12-,14+/m0/s1. The van der Waals surface area contributed by atoms with Crippen LogP contribution in [0.5, 0.6) is 0 Å². The second kappa shape index (κ2) is 5.50. The summed E-state index contributed by atoms with van der Waals surface area (Å²) in [6.07, 6.45) is 1.59. The number of rotatable bonds is 3. The monoisotopic (exact) mass is 250 g/mol. The fourth-order valence-electron chi connectivity index (χ4n) is 2.44. The first-order valence-electron chi connectivity index (χ1n) is 6.13. The summed E-state index contributed by atoms with van der Waals surface area (Å²) in [5, 5.41) is 10.8. The number of hydrogen-bond acceptors (Lipinski definition) is 4. The number of benzene rings is 1. The lowest BCUT2D eigenvalue weighted by Crippen LogP contribution is -2.47. The number of aliphatic hydroxyl groups is 1. The van der Waals surface area contributed by atoms with E-state index in [4.69, 9.17) is 9.47 Å². The number of methoxy groups -OCH3 is 1. The molecule has 0 unspecified atom stereocenters. The molecule has 1 N–H and O–H groups in total. The maximum absolute atomic E-state index is 12.0. The van der Waals surface area contributed by atoms with E-state index in [0.29, 0.717) is 18.8 Å². The summed E-state index contributed by atoms with van der Waals surface area (Å²) >= 11 is 0. The maximum atomic E-state index is 12.0. The van der Waals surface area contributed by atoms with Gasteiger partial charge in [-0.3, -0.25) is 0 Å². The molecule has 0 radical (unpaired) electrons. The van der Waals surface area contributed by atoms with E-state index in [1.165, 1.54) is 7.11 Å². The predicted molar refractivity (Wildman–Crippen MR) is 65.9 cm³/mol. The fourth-order valence-corrected chi connectivity index (χ4v) is 2.44. The van der Waals surface area contributed by atoms with Gasteiger partial charge >= 0.3 is 5.97 Å². The minimum absolute atomic E-state index is 0.263. The van der Waals surface area contributed by atoms with E-state index in [0.717, 1.165) is 12.8 Å². The first kappa shape index (κ1) is 13.1. The van der Waals surface area contributed by atoms with Crippen molar-refractivity contribution in [1.82, 2.24) is 0 Å². The topological polar surface area (TPSA) is 55.8 Å². The van der Waals surface area contributed by atoms with E-state index in [2.05, 4.69) is 0 Å². The Labute approximate surface area is 107 Å². The van der Waals surface area contributed by atoms with E-state index in [9.17, 15) is 9.90 Å². The molecule has 0 amide bonds. The van der Waals surface area contributed by atoms with E-state index in [1.807, 2.05) is 6.07 Å². The summed E-state index contributed by atoms with van der Waals surface area (Å²) in [6, 6.07) is 8.93. The summed E-state index contributed by atoms with van der Waals surface area (Å²) in [6.45, 7) is 1.06. The van der Waals surface area contributed by atoms with Crippen LogP contribution in [0.2, 0.25) is 0 Å². The SMILES string of the molecule is COC(=O)[C@@](O)(c1ccccc1)[C@H]1CCCOC1. The molecule has 0 aliphatic carbocycles. The lowest BCUT2D eigenvalue weighted by molar-refractivity contribution is -0.177. The van der Waals surface area contributed by atoms with Crippen molar-refractivity contribution in [3.05, 3.63) is 35.9 Å². The Morgan fingerprint density at radius 3 is 2.72 bits per heavy atom. The second-order valence-electron chi connectivity index (χ2n) is 4.54. The average Bonchev–Trinajstić information content (AvgIpc) is 2.47. The molecule has 1 heterocycles. The van der Waals surface area contributed by atoms with E-state index < -0.39 is 11.6 Å². The van der Waals surface area contributed by atoms with Crippen LogP contribution in [0.1, 0.15) is 18.4 Å². The van der Waals surface area contributed by atoms with Gasteiger partial charge in [-0.1, -0.05) is 30.3 Å². The van der Waals surface area contributed by atoms with Gasteiger partial charge in [-0.05, 0) is 18.4 Å². The van der Waals surface area contributed by atoms with E-state index in [-0.39, 0.29) is 5.92 Å². The third-order valence-corrected chi connectivity index (χ3v) is 3.46. The van der Waals surface area contributed by atoms with Crippen molar-refractivity contribution in [3.8, 4) is 0 Å². The van der Waals surface area contributed by atoms with Gasteiger partial charge in [0.25, 0.3) is 0 Å². The number of esters is 1. The lowest BCUT2D eigenvalue weighted by atomic mass is 9.78. The largest absolute Gasteiger partial charge is 0.467 e. The van der Waals surface area contributed by atoms with Crippen molar-refractivity contribution in [2.45, 2.75) is 18.4 Å². The molecule has 4 nitrogen and oxygen atoms in total. The highest BCUT2D eigenvalue weighted by Gasteiger charge is 2.47. The van der Waals surface area contributed by atoms with Gasteiger partial charge < -0.3 is 14.6 Å². The summed E-state index contributed by atoms with van der Waals surface area (Å²) < 4.78 is 10.2. The minimum atomic E-state index is -1.61.